The third kappa shape index (κ3) is 6.15. The molecule has 2 saturated heterocycles. The van der Waals surface area contributed by atoms with Crippen LogP contribution in [0.4, 0.5) is 0 Å². The first kappa shape index (κ1) is 21.0. The second-order valence-corrected chi connectivity index (χ2v) is 7.93. The van der Waals surface area contributed by atoms with Crippen LogP contribution in [0.15, 0.2) is 23.3 Å². The summed E-state index contributed by atoms with van der Waals surface area (Å²) in [4.78, 5) is 2.50. The third-order valence-corrected chi connectivity index (χ3v) is 5.62. The molecule has 0 radical (unpaired) electrons. The van der Waals surface area contributed by atoms with Gasteiger partial charge in [-0.2, -0.15) is 5.10 Å². The molecule has 28 heavy (non-hydrogen) atoms. The molecule has 2 aliphatic rings. The monoisotopic (exact) mass is 404 g/mol. The number of nitrogens with one attached hydrogen (secondary N) is 2. The number of piperidine rings is 1. The third-order valence-electron chi connectivity index (χ3n) is 5.38. The summed E-state index contributed by atoms with van der Waals surface area (Å²) in [6.45, 7) is 6.80. The molecule has 2 aliphatic heterocycles. The number of hydrazone groups is 1. The van der Waals surface area contributed by atoms with Gasteiger partial charge in [-0.25, -0.2) is 0 Å². The summed E-state index contributed by atoms with van der Waals surface area (Å²) < 4.78 is 11.2. The number of thiocarbonyl (C=S) groups is 1. The van der Waals surface area contributed by atoms with Crippen LogP contribution in [0.5, 0.6) is 5.75 Å². The highest BCUT2D eigenvalue weighted by Crippen LogP contribution is 2.23. The van der Waals surface area contributed by atoms with Crippen LogP contribution in [-0.2, 0) is 11.3 Å². The van der Waals surface area contributed by atoms with Gasteiger partial charge in [0.25, 0.3) is 0 Å². The molecule has 0 bridgehead atoms. The van der Waals surface area contributed by atoms with Crippen LogP contribution in [0.3, 0.4) is 0 Å². The van der Waals surface area contributed by atoms with Crippen LogP contribution in [0, 0.1) is 0 Å². The summed E-state index contributed by atoms with van der Waals surface area (Å²) in [5.74, 6) is 0.934. The van der Waals surface area contributed by atoms with E-state index >= 15 is 0 Å². The summed E-state index contributed by atoms with van der Waals surface area (Å²) in [7, 11) is 1.73. The van der Waals surface area contributed by atoms with Crippen molar-refractivity contribution in [2.75, 3.05) is 33.4 Å². The predicted molar refractivity (Wildman–Crippen MR) is 117 cm³/mol. The van der Waals surface area contributed by atoms with Gasteiger partial charge in [0.2, 0.25) is 0 Å². The molecule has 154 valence electrons. The summed E-state index contributed by atoms with van der Waals surface area (Å²) in [5, 5.41) is 8.15. The number of hydrogen-bond donors (Lipinski definition) is 2. The van der Waals surface area contributed by atoms with E-state index < -0.39 is 0 Å². The lowest BCUT2D eigenvalue weighted by Gasteiger charge is -2.27. The lowest BCUT2D eigenvalue weighted by molar-refractivity contribution is 0.114. The van der Waals surface area contributed by atoms with Crippen molar-refractivity contribution in [3.05, 3.63) is 29.3 Å². The van der Waals surface area contributed by atoms with E-state index in [4.69, 9.17) is 21.7 Å². The van der Waals surface area contributed by atoms with E-state index in [9.17, 15) is 0 Å². The van der Waals surface area contributed by atoms with Crippen molar-refractivity contribution in [3.8, 4) is 5.75 Å². The van der Waals surface area contributed by atoms with E-state index in [1.807, 2.05) is 19.1 Å². The quantitative estimate of drug-likeness (QED) is 0.414. The highest BCUT2D eigenvalue weighted by Gasteiger charge is 2.16. The molecule has 0 amide bonds. The van der Waals surface area contributed by atoms with Gasteiger partial charge in [0, 0.05) is 25.3 Å². The number of likely N-dealkylation sites (tertiary alicyclic amines) is 1. The van der Waals surface area contributed by atoms with Gasteiger partial charge in [-0.3, -0.25) is 10.3 Å². The molecule has 1 aromatic rings. The molecule has 1 atom stereocenters. The highest BCUT2D eigenvalue weighted by molar-refractivity contribution is 7.80. The number of hydrogen-bond acceptors (Lipinski definition) is 5. The Kier molecular flexibility index (Phi) is 8.06. The van der Waals surface area contributed by atoms with Crippen LogP contribution in [0.1, 0.15) is 50.2 Å². The fourth-order valence-corrected chi connectivity index (χ4v) is 3.87. The maximum absolute atomic E-state index is 5.59. The topological polar surface area (TPSA) is 58.1 Å². The van der Waals surface area contributed by atoms with Gasteiger partial charge in [-0.1, -0.05) is 6.42 Å². The molecule has 7 heteroatoms. The minimum absolute atomic E-state index is 0.253. The van der Waals surface area contributed by atoms with Gasteiger partial charge in [0.15, 0.2) is 5.11 Å². The SMILES string of the molecule is COc1ccc(/C(C)=N\NC(=S)NC[C@H]2CCCO2)cc1CN1CCCCC1. The first-order valence-corrected chi connectivity index (χ1v) is 10.7. The Morgan fingerprint density at radius 3 is 2.82 bits per heavy atom. The van der Waals surface area contributed by atoms with Gasteiger partial charge < -0.3 is 14.8 Å². The molecule has 6 nitrogen and oxygen atoms in total. The molecule has 0 unspecified atom stereocenters. The zero-order valence-corrected chi connectivity index (χ0v) is 17.8. The molecule has 0 saturated carbocycles. The molecule has 1 aromatic carbocycles. The van der Waals surface area contributed by atoms with Crippen LogP contribution in [0.25, 0.3) is 0 Å². The predicted octanol–water partition coefficient (Wildman–Crippen LogP) is 3.05. The van der Waals surface area contributed by atoms with Gasteiger partial charge in [-0.05, 0) is 81.7 Å². The Labute approximate surface area is 173 Å². The number of ether oxygens (including phenoxy) is 2. The lowest BCUT2D eigenvalue weighted by atomic mass is 10.0. The van der Waals surface area contributed by atoms with Crippen molar-refractivity contribution in [2.24, 2.45) is 5.10 Å². The molecular formula is C21H32N4O2S. The van der Waals surface area contributed by atoms with Crippen LogP contribution >= 0.6 is 12.2 Å². The molecule has 2 heterocycles. The zero-order valence-electron chi connectivity index (χ0n) is 17.0. The minimum Gasteiger partial charge on any atom is -0.496 e. The molecule has 2 N–H and O–H groups in total. The average molecular weight is 405 g/mol. The first-order valence-electron chi connectivity index (χ1n) is 10.2. The normalized spacial score (nSPS) is 20.8. The molecule has 0 aliphatic carbocycles. The average Bonchev–Trinajstić information content (AvgIpc) is 3.25. The molecular weight excluding hydrogens is 372 g/mol. The molecule has 2 fully saturated rings. The van der Waals surface area contributed by atoms with Crippen molar-refractivity contribution in [1.29, 1.82) is 0 Å². The number of nitrogens with zero attached hydrogens (tertiary/aromatic N) is 2. The van der Waals surface area contributed by atoms with E-state index in [1.54, 1.807) is 7.11 Å². The fraction of sp³-hybridized carbons (Fsp3) is 0.619. The van der Waals surface area contributed by atoms with Crippen molar-refractivity contribution in [1.82, 2.24) is 15.6 Å². The summed E-state index contributed by atoms with van der Waals surface area (Å²) in [6.07, 6.45) is 6.37. The van der Waals surface area contributed by atoms with E-state index in [0.717, 1.165) is 62.7 Å². The summed E-state index contributed by atoms with van der Waals surface area (Å²) in [6, 6.07) is 6.25. The van der Waals surface area contributed by atoms with Crippen LogP contribution in [-0.4, -0.2) is 55.2 Å². The second-order valence-electron chi connectivity index (χ2n) is 7.52. The fourth-order valence-electron chi connectivity index (χ4n) is 3.74. The smallest absolute Gasteiger partial charge is 0.187 e. The van der Waals surface area contributed by atoms with Gasteiger partial charge >= 0.3 is 0 Å². The van der Waals surface area contributed by atoms with Crippen molar-refractivity contribution >= 4 is 23.0 Å². The summed E-state index contributed by atoms with van der Waals surface area (Å²) in [5.41, 5.74) is 6.11. The number of rotatable bonds is 7. The van der Waals surface area contributed by atoms with Crippen LogP contribution < -0.4 is 15.5 Å². The molecule has 3 rings (SSSR count). The number of methoxy groups -OCH3 is 1. The Morgan fingerprint density at radius 2 is 2.11 bits per heavy atom. The van der Waals surface area contributed by atoms with Crippen molar-refractivity contribution < 1.29 is 9.47 Å². The van der Waals surface area contributed by atoms with Crippen molar-refractivity contribution in [2.45, 2.75) is 51.7 Å². The van der Waals surface area contributed by atoms with E-state index in [2.05, 4.69) is 26.8 Å². The molecule has 0 spiro atoms. The lowest BCUT2D eigenvalue weighted by Crippen LogP contribution is -2.37. The standard InChI is InChI=1S/C21H32N4O2S/c1-16(23-24-21(28)22-14-19-7-6-12-27-19)17-8-9-20(26-2)18(13-17)15-25-10-4-3-5-11-25/h8-9,13,19H,3-7,10-12,14-15H2,1-2H3,(H2,22,24,28)/b23-16-/t19-/m1/s1. The Hall–Kier alpha value is -1.70. The highest BCUT2D eigenvalue weighted by atomic mass is 32.1. The Bertz CT molecular complexity index is 683. The largest absolute Gasteiger partial charge is 0.496 e. The summed E-state index contributed by atoms with van der Waals surface area (Å²) >= 11 is 5.32. The molecule has 0 aromatic heterocycles. The van der Waals surface area contributed by atoms with Crippen LogP contribution in [0.2, 0.25) is 0 Å². The Balaban J connectivity index is 1.58. The first-order chi connectivity index (χ1) is 13.7. The number of benzene rings is 1. The maximum atomic E-state index is 5.59. The van der Waals surface area contributed by atoms with Gasteiger partial charge in [-0.15, -0.1) is 0 Å². The van der Waals surface area contributed by atoms with E-state index in [1.165, 1.54) is 24.8 Å². The zero-order chi connectivity index (χ0) is 19.8. The van der Waals surface area contributed by atoms with Gasteiger partial charge in [0.1, 0.15) is 5.75 Å². The van der Waals surface area contributed by atoms with E-state index in [0.29, 0.717) is 5.11 Å². The Morgan fingerprint density at radius 1 is 1.29 bits per heavy atom. The minimum atomic E-state index is 0.253. The van der Waals surface area contributed by atoms with Gasteiger partial charge in [0.05, 0.1) is 18.9 Å². The van der Waals surface area contributed by atoms with Crippen molar-refractivity contribution in [3.63, 3.8) is 0 Å². The van der Waals surface area contributed by atoms with E-state index in [-0.39, 0.29) is 6.10 Å². The maximum Gasteiger partial charge on any atom is 0.187 e. The second kappa shape index (κ2) is 10.7.